The highest BCUT2D eigenvalue weighted by molar-refractivity contribution is 14.0. The molecule has 1 heterocycles. The standard InChI is InChI=1S/C15H22ClN3O2S.HI/c1-20-13-4-3-11(9-12(13)16)19-14(17)18-10-15(22-2)5-7-21-8-6-15;/h3-4,9H,5-8,10H2,1-2H3,(H3,17,18,19);1H. The highest BCUT2D eigenvalue weighted by atomic mass is 127. The van der Waals surface area contributed by atoms with Crippen molar-refractivity contribution in [3.8, 4) is 5.75 Å². The van der Waals surface area contributed by atoms with Gasteiger partial charge < -0.3 is 20.5 Å². The maximum absolute atomic E-state index is 6.09. The highest BCUT2D eigenvalue weighted by Crippen LogP contribution is 2.34. The number of halogens is 2. The highest BCUT2D eigenvalue weighted by Gasteiger charge is 2.31. The lowest BCUT2D eigenvalue weighted by atomic mass is 9.99. The monoisotopic (exact) mass is 471 g/mol. The van der Waals surface area contributed by atoms with Crippen molar-refractivity contribution in [2.45, 2.75) is 17.6 Å². The Kier molecular flexibility index (Phi) is 8.81. The lowest BCUT2D eigenvalue weighted by molar-refractivity contribution is 0.0794. The molecular weight excluding hydrogens is 449 g/mol. The van der Waals surface area contributed by atoms with Gasteiger partial charge in [0.25, 0.3) is 0 Å². The average molecular weight is 472 g/mol. The summed E-state index contributed by atoms with van der Waals surface area (Å²) in [7, 11) is 1.58. The maximum Gasteiger partial charge on any atom is 0.193 e. The molecule has 3 N–H and O–H groups in total. The van der Waals surface area contributed by atoms with Gasteiger partial charge in [-0.2, -0.15) is 11.8 Å². The van der Waals surface area contributed by atoms with Gasteiger partial charge in [0.1, 0.15) is 5.75 Å². The summed E-state index contributed by atoms with van der Waals surface area (Å²) < 4.78 is 10.7. The Hall–Kier alpha value is -0.380. The van der Waals surface area contributed by atoms with Crippen LogP contribution >= 0.6 is 47.3 Å². The molecule has 130 valence electrons. The molecule has 1 saturated heterocycles. The Bertz CT molecular complexity index is 539. The molecule has 23 heavy (non-hydrogen) atoms. The number of hydrogen-bond acceptors (Lipinski definition) is 4. The molecule has 0 aliphatic carbocycles. The normalized spacial score (nSPS) is 17.3. The van der Waals surface area contributed by atoms with Crippen LogP contribution in [0.25, 0.3) is 0 Å². The number of hydrogen-bond donors (Lipinski definition) is 2. The summed E-state index contributed by atoms with van der Waals surface area (Å²) in [4.78, 5) is 4.49. The van der Waals surface area contributed by atoms with Crippen LogP contribution in [-0.4, -0.2) is 43.8 Å². The number of benzene rings is 1. The van der Waals surface area contributed by atoms with E-state index in [1.807, 2.05) is 17.8 Å². The van der Waals surface area contributed by atoms with Crippen LogP contribution in [-0.2, 0) is 4.74 Å². The summed E-state index contributed by atoms with van der Waals surface area (Å²) in [5, 5.41) is 3.59. The van der Waals surface area contributed by atoms with Crippen molar-refractivity contribution in [2.24, 2.45) is 10.7 Å². The number of aliphatic imine (C=N–C) groups is 1. The summed E-state index contributed by atoms with van der Waals surface area (Å²) in [6.45, 7) is 2.26. The van der Waals surface area contributed by atoms with Crippen molar-refractivity contribution in [3.63, 3.8) is 0 Å². The Balaban J connectivity index is 0.00000264. The van der Waals surface area contributed by atoms with Gasteiger partial charge in [-0.1, -0.05) is 11.6 Å². The quantitative estimate of drug-likeness (QED) is 0.390. The van der Waals surface area contributed by atoms with Gasteiger partial charge in [0.2, 0.25) is 0 Å². The van der Waals surface area contributed by atoms with E-state index in [2.05, 4.69) is 16.6 Å². The van der Waals surface area contributed by atoms with Crippen LogP contribution in [0.15, 0.2) is 23.2 Å². The second-order valence-corrected chi connectivity index (χ2v) is 6.86. The van der Waals surface area contributed by atoms with E-state index >= 15 is 0 Å². The number of anilines is 1. The van der Waals surface area contributed by atoms with Crippen molar-refractivity contribution in [2.75, 3.05) is 38.4 Å². The van der Waals surface area contributed by atoms with Gasteiger partial charge in [0.15, 0.2) is 5.96 Å². The number of methoxy groups -OCH3 is 1. The van der Waals surface area contributed by atoms with Crippen LogP contribution in [0.1, 0.15) is 12.8 Å². The van der Waals surface area contributed by atoms with Crippen LogP contribution in [0.4, 0.5) is 5.69 Å². The van der Waals surface area contributed by atoms with Crippen molar-refractivity contribution >= 4 is 59.0 Å². The predicted octanol–water partition coefficient (Wildman–Crippen LogP) is 3.61. The molecule has 0 saturated carbocycles. The molecule has 1 aliphatic heterocycles. The lowest BCUT2D eigenvalue weighted by Crippen LogP contribution is -2.37. The van der Waals surface area contributed by atoms with Gasteiger partial charge in [0.05, 0.1) is 18.7 Å². The van der Waals surface area contributed by atoms with Gasteiger partial charge in [-0.25, -0.2) is 0 Å². The molecule has 1 aromatic rings. The zero-order valence-electron chi connectivity index (χ0n) is 13.3. The minimum absolute atomic E-state index is 0. The van der Waals surface area contributed by atoms with E-state index in [-0.39, 0.29) is 28.7 Å². The summed E-state index contributed by atoms with van der Waals surface area (Å²) >= 11 is 7.93. The molecule has 0 bridgehead atoms. The third-order valence-corrected chi connectivity index (χ3v) is 5.50. The second kappa shape index (κ2) is 9.80. The molecule has 0 spiro atoms. The first-order valence-corrected chi connectivity index (χ1v) is 8.72. The van der Waals surface area contributed by atoms with Gasteiger partial charge in [0, 0.05) is 23.6 Å². The fourth-order valence-electron chi connectivity index (χ4n) is 2.33. The Morgan fingerprint density at radius 3 is 2.74 bits per heavy atom. The van der Waals surface area contributed by atoms with E-state index in [1.165, 1.54) is 0 Å². The van der Waals surface area contributed by atoms with E-state index in [0.717, 1.165) is 31.7 Å². The van der Waals surface area contributed by atoms with Gasteiger partial charge in [-0.15, -0.1) is 24.0 Å². The number of rotatable bonds is 5. The minimum atomic E-state index is 0. The largest absolute Gasteiger partial charge is 0.495 e. The lowest BCUT2D eigenvalue weighted by Gasteiger charge is -2.34. The first-order chi connectivity index (χ1) is 10.6. The SMILES string of the molecule is COc1ccc(NC(N)=NCC2(SC)CCOCC2)cc1Cl.I. The molecule has 0 amide bonds. The summed E-state index contributed by atoms with van der Waals surface area (Å²) in [5.41, 5.74) is 6.77. The van der Waals surface area contributed by atoms with Crippen LogP contribution in [0, 0.1) is 0 Å². The molecular formula is C15H23ClIN3O2S. The number of ether oxygens (including phenoxy) is 2. The number of guanidine groups is 1. The molecule has 2 rings (SSSR count). The minimum Gasteiger partial charge on any atom is -0.495 e. The molecule has 8 heteroatoms. The maximum atomic E-state index is 6.09. The van der Waals surface area contributed by atoms with Crippen LogP contribution in [0.3, 0.4) is 0 Å². The fraction of sp³-hybridized carbons (Fsp3) is 0.533. The molecule has 0 unspecified atom stereocenters. The predicted molar refractivity (Wildman–Crippen MR) is 110 cm³/mol. The number of nitrogens with one attached hydrogen (secondary N) is 1. The third-order valence-electron chi connectivity index (χ3n) is 3.80. The van der Waals surface area contributed by atoms with Crippen LogP contribution in [0.5, 0.6) is 5.75 Å². The van der Waals surface area contributed by atoms with Crippen molar-refractivity contribution in [1.82, 2.24) is 0 Å². The van der Waals surface area contributed by atoms with Crippen molar-refractivity contribution in [3.05, 3.63) is 23.2 Å². The smallest absolute Gasteiger partial charge is 0.193 e. The van der Waals surface area contributed by atoms with E-state index in [0.29, 0.717) is 23.3 Å². The molecule has 1 aromatic carbocycles. The van der Waals surface area contributed by atoms with E-state index < -0.39 is 0 Å². The Morgan fingerprint density at radius 1 is 1.48 bits per heavy atom. The zero-order chi connectivity index (χ0) is 16.0. The molecule has 5 nitrogen and oxygen atoms in total. The van der Waals surface area contributed by atoms with Crippen LogP contribution < -0.4 is 15.8 Å². The van der Waals surface area contributed by atoms with E-state index in [1.54, 1.807) is 19.2 Å². The number of nitrogens with two attached hydrogens (primary N) is 1. The topological polar surface area (TPSA) is 68.9 Å². The van der Waals surface area contributed by atoms with Crippen LogP contribution in [0.2, 0.25) is 5.02 Å². The van der Waals surface area contributed by atoms with E-state index in [9.17, 15) is 0 Å². The van der Waals surface area contributed by atoms with Crippen molar-refractivity contribution in [1.29, 1.82) is 0 Å². The average Bonchev–Trinajstić information content (AvgIpc) is 2.54. The van der Waals surface area contributed by atoms with Crippen molar-refractivity contribution < 1.29 is 9.47 Å². The Labute approximate surface area is 163 Å². The van der Waals surface area contributed by atoms with E-state index in [4.69, 9.17) is 26.8 Å². The zero-order valence-corrected chi connectivity index (χ0v) is 17.2. The third kappa shape index (κ3) is 5.88. The summed E-state index contributed by atoms with van der Waals surface area (Å²) in [6, 6.07) is 5.41. The fourth-order valence-corrected chi connectivity index (χ4v) is 3.36. The molecule has 1 aliphatic rings. The number of nitrogens with zero attached hydrogens (tertiary/aromatic N) is 1. The van der Waals surface area contributed by atoms with Gasteiger partial charge >= 0.3 is 0 Å². The summed E-state index contributed by atoms with van der Waals surface area (Å²) in [5.74, 6) is 1.02. The van der Waals surface area contributed by atoms with Gasteiger partial charge in [-0.3, -0.25) is 4.99 Å². The molecule has 0 radical (unpaired) electrons. The summed E-state index contributed by atoms with van der Waals surface area (Å²) in [6.07, 6.45) is 4.12. The first kappa shape index (κ1) is 20.7. The van der Waals surface area contributed by atoms with Gasteiger partial charge in [-0.05, 0) is 37.3 Å². The number of thioether (sulfide) groups is 1. The second-order valence-electron chi connectivity index (χ2n) is 5.18. The molecule has 0 atom stereocenters. The molecule has 0 aromatic heterocycles. The molecule has 1 fully saturated rings. The Morgan fingerprint density at radius 2 is 2.17 bits per heavy atom. The first-order valence-electron chi connectivity index (χ1n) is 7.12.